The van der Waals surface area contributed by atoms with Gasteiger partial charge in [0.25, 0.3) is 11.7 Å². The van der Waals surface area contributed by atoms with E-state index < -0.39 is 0 Å². The Morgan fingerprint density at radius 1 is 1.10 bits per heavy atom. The summed E-state index contributed by atoms with van der Waals surface area (Å²) in [5.74, 6) is 1.03. The summed E-state index contributed by atoms with van der Waals surface area (Å²) >= 11 is 4.91. The van der Waals surface area contributed by atoms with E-state index >= 15 is 0 Å². The van der Waals surface area contributed by atoms with Gasteiger partial charge in [0.15, 0.2) is 0 Å². The van der Waals surface area contributed by atoms with E-state index in [4.69, 9.17) is 0 Å². The number of fused-ring (bicyclic) bond motifs is 1. The van der Waals surface area contributed by atoms with Crippen LogP contribution in [0, 0.1) is 13.8 Å². The minimum absolute atomic E-state index is 0.143. The lowest BCUT2D eigenvalue weighted by molar-refractivity contribution is 0.102. The molecule has 2 aromatic heterocycles. The Kier molecular flexibility index (Phi) is 5.64. The number of benzene rings is 2. The second kappa shape index (κ2) is 8.34. The molecular weight excluding hydrogens is 450 g/mol. The van der Waals surface area contributed by atoms with Crippen LogP contribution in [0.5, 0.6) is 0 Å². The summed E-state index contributed by atoms with van der Waals surface area (Å²) in [6.45, 7) is 3.92. The van der Waals surface area contributed by atoms with Crippen LogP contribution in [0.15, 0.2) is 64.2 Å². The van der Waals surface area contributed by atoms with Crippen LogP contribution in [0.3, 0.4) is 0 Å². The molecule has 8 heteroatoms. The fourth-order valence-electron chi connectivity index (χ4n) is 2.98. The SMILES string of the molecule is Cc1cc(C)n2nc(SCc3ccccc3C(=O)Nc3cccc(Br)c3)nc2n1. The van der Waals surface area contributed by atoms with Gasteiger partial charge in [0.2, 0.25) is 5.16 Å². The molecule has 0 aliphatic carbocycles. The Labute approximate surface area is 180 Å². The number of nitrogens with one attached hydrogen (secondary N) is 1. The zero-order valence-corrected chi connectivity index (χ0v) is 18.3. The summed E-state index contributed by atoms with van der Waals surface area (Å²) < 4.78 is 2.65. The van der Waals surface area contributed by atoms with Gasteiger partial charge in [0, 0.05) is 32.9 Å². The van der Waals surface area contributed by atoms with Crippen LogP contribution in [-0.2, 0) is 5.75 Å². The van der Waals surface area contributed by atoms with Crippen LogP contribution >= 0.6 is 27.7 Å². The molecule has 0 unspecified atom stereocenters. The topological polar surface area (TPSA) is 72.2 Å². The highest BCUT2D eigenvalue weighted by Gasteiger charge is 2.14. The third kappa shape index (κ3) is 4.49. The quantitative estimate of drug-likeness (QED) is 0.415. The van der Waals surface area contributed by atoms with Gasteiger partial charge in [-0.2, -0.15) is 4.98 Å². The number of anilines is 1. The van der Waals surface area contributed by atoms with Gasteiger partial charge in [-0.3, -0.25) is 4.79 Å². The molecule has 1 amide bonds. The predicted octanol–water partition coefficient (Wildman–Crippen LogP) is 5.05. The highest BCUT2D eigenvalue weighted by molar-refractivity contribution is 9.10. The molecule has 146 valence electrons. The largest absolute Gasteiger partial charge is 0.322 e. The van der Waals surface area contributed by atoms with E-state index in [1.165, 1.54) is 11.8 Å². The summed E-state index contributed by atoms with van der Waals surface area (Å²) in [4.78, 5) is 21.7. The highest BCUT2D eigenvalue weighted by Crippen LogP contribution is 2.24. The lowest BCUT2D eigenvalue weighted by atomic mass is 10.1. The summed E-state index contributed by atoms with van der Waals surface area (Å²) in [6, 6.07) is 17.1. The smallest absolute Gasteiger partial charge is 0.255 e. The lowest BCUT2D eigenvalue weighted by Gasteiger charge is -2.09. The maximum absolute atomic E-state index is 12.8. The minimum atomic E-state index is -0.143. The van der Waals surface area contributed by atoms with Crippen LogP contribution in [-0.4, -0.2) is 25.5 Å². The number of aryl methyl sites for hydroxylation is 2. The Bertz CT molecular complexity index is 1210. The molecular formula is C21H18BrN5OS. The summed E-state index contributed by atoms with van der Waals surface area (Å²) in [6.07, 6.45) is 0. The summed E-state index contributed by atoms with van der Waals surface area (Å²) in [5, 5.41) is 8.10. The number of halogens is 1. The highest BCUT2D eigenvalue weighted by atomic mass is 79.9. The lowest BCUT2D eigenvalue weighted by Crippen LogP contribution is -2.14. The fourth-order valence-corrected chi connectivity index (χ4v) is 4.20. The monoisotopic (exact) mass is 467 g/mol. The molecule has 2 heterocycles. The van der Waals surface area contributed by atoms with Crippen LogP contribution in [0.2, 0.25) is 0 Å². The predicted molar refractivity (Wildman–Crippen MR) is 118 cm³/mol. The zero-order chi connectivity index (χ0) is 20.4. The van der Waals surface area contributed by atoms with Gasteiger partial charge < -0.3 is 5.32 Å². The molecule has 1 N–H and O–H groups in total. The first kappa shape index (κ1) is 19.6. The molecule has 0 aliphatic heterocycles. The normalized spacial score (nSPS) is 11.0. The Morgan fingerprint density at radius 2 is 1.93 bits per heavy atom. The number of thioether (sulfide) groups is 1. The van der Waals surface area contributed by atoms with Crippen LogP contribution in [0.25, 0.3) is 5.78 Å². The molecule has 6 nitrogen and oxygen atoms in total. The standard InChI is InChI=1S/C21H18BrN5OS/c1-13-10-14(2)27-20(23-13)25-21(26-27)29-12-15-6-3-4-9-18(15)19(28)24-17-8-5-7-16(22)11-17/h3-11H,12H2,1-2H3,(H,24,28). The second-order valence-electron chi connectivity index (χ2n) is 6.56. The maximum Gasteiger partial charge on any atom is 0.255 e. The van der Waals surface area contributed by atoms with Gasteiger partial charge in [-0.25, -0.2) is 9.50 Å². The Hall–Kier alpha value is -2.71. The van der Waals surface area contributed by atoms with Gasteiger partial charge in [-0.05, 0) is 49.7 Å². The van der Waals surface area contributed by atoms with E-state index in [-0.39, 0.29) is 5.91 Å². The summed E-state index contributed by atoms with van der Waals surface area (Å²) in [5.41, 5.74) is 4.19. The summed E-state index contributed by atoms with van der Waals surface area (Å²) in [7, 11) is 0. The van der Waals surface area contributed by atoms with Crippen LogP contribution in [0.1, 0.15) is 27.3 Å². The van der Waals surface area contributed by atoms with Gasteiger partial charge in [-0.15, -0.1) is 5.10 Å². The molecule has 0 fully saturated rings. The van der Waals surface area contributed by atoms with Crippen molar-refractivity contribution in [1.82, 2.24) is 19.6 Å². The Morgan fingerprint density at radius 3 is 2.76 bits per heavy atom. The van der Waals surface area contributed by atoms with E-state index in [9.17, 15) is 4.79 Å². The average molecular weight is 468 g/mol. The minimum Gasteiger partial charge on any atom is -0.322 e. The number of amides is 1. The molecule has 2 aromatic carbocycles. The number of hydrogen-bond acceptors (Lipinski definition) is 5. The van der Waals surface area contributed by atoms with Crippen molar-refractivity contribution in [3.8, 4) is 0 Å². The third-order valence-corrected chi connectivity index (χ3v) is 5.68. The van der Waals surface area contributed by atoms with E-state index in [1.807, 2.05) is 68.4 Å². The molecule has 0 spiro atoms. The van der Waals surface area contributed by atoms with Crippen molar-refractivity contribution in [3.63, 3.8) is 0 Å². The van der Waals surface area contributed by atoms with E-state index in [1.54, 1.807) is 4.52 Å². The van der Waals surface area contributed by atoms with Crippen molar-refractivity contribution in [1.29, 1.82) is 0 Å². The van der Waals surface area contributed by atoms with Gasteiger partial charge >= 0.3 is 0 Å². The van der Waals surface area contributed by atoms with Crippen LogP contribution in [0.4, 0.5) is 5.69 Å². The van der Waals surface area contributed by atoms with Crippen LogP contribution < -0.4 is 5.32 Å². The van der Waals surface area contributed by atoms with E-state index in [0.29, 0.717) is 22.3 Å². The number of carbonyl (C=O) groups excluding carboxylic acids is 1. The number of carbonyl (C=O) groups is 1. The molecule has 29 heavy (non-hydrogen) atoms. The molecule has 0 aliphatic rings. The Balaban J connectivity index is 1.53. The maximum atomic E-state index is 12.8. The van der Waals surface area contributed by atoms with Gasteiger partial charge in [-0.1, -0.05) is 52.0 Å². The van der Waals surface area contributed by atoms with E-state index in [0.717, 1.165) is 27.1 Å². The van der Waals surface area contributed by atoms with Crippen molar-refractivity contribution >= 4 is 45.1 Å². The van der Waals surface area contributed by atoms with Crippen molar-refractivity contribution in [3.05, 3.63) is 81.6 Å². The first-order valence-electron chi connectivity index (χ1n) is 8.98. The fraction of sp³-hybridized carbons (Fsp3) is 0.143. The van der Waals surface area contributed by atoms with Crippen molar-refractivity contribution in [2.75, 3.05) is 5.32 Å². The molecule has 4 aromatic rings. The number of hydrogen-bond donors (Lipinski definition) is 1. The molecule has 0 atom stereocenters. The molecule has 0 radical (unpaired) electrons. The third-order valence-electron chi connectivity index (χ3n) is 4.30. The molecule has 0 saturated carbocycles. The number of rotatable bonds is 5. The first-order chi connectivity index (χ1) is 14.0. The van der Waals surface area contributed by atoms with Crippen molar-refractivity contribution < 1.29 is 4.79 Å². The van der Waals surface area contributed by atoms with E-state index in [2.05, 4.69) is 36.3 Å². The van der Waals surface area contributed by atoms with Crippen molar-refractivity contribution in [2.45, 2.75) is 24.8 Å². The number of nitrogens with zero attached hydrogens (tertiary/aromatic N) is 4. The molecule has 4 rings (SSSR count). The first-order valence-corrected chi connectivity index (χ1v) is 10.8. The number of aromatic nitrogens is 4. The zero-order valence-electron chi connectivity index (χ0n) is 15.9. The molecule has 0 saturated heterocycles. The van der Waals surface area contributed by atoms with Crippen molar-refractivity contribution in [2.24, 2.45) is 0 Å². The second-order valence-corrected chi connectivity index (χ2v) is 8.41. The average Bonchev–Trinajstić information content (AvgIpc) is 3.10. The molecule has 0 bridgehead atoms. The van der Waals surface area contributed by atoms with Gasteiger partial charge in [0.1, 0.15) is 0 Å². The van der Waals surface area contributed by atoms with Gasteiger partial charge in [0.05, 0.1) is 0 Å².